The zero-order valence-electron chi connectivity index (χ0n) is 11.4. The lowest BCUT2D eigenvalue weighted by molar-refractivity contribution is -0.126. The van der Waals surface area contributed by atoms with Gasteiger partial charge in [0.15, 0.2) is 0 Å². The lowest BCUT2D eigenvalue weighted by atomic mass is 9.94. The van der Waals surface area contributed by atoms with Gasteiger partial charge in [-0.15, -0.1) is 6.58 Å². The molecule has 1 fully saturated rings. The summed E-state index contributed by atoms with van der Waals surface area (Å²) >= 11 is 0. The first kappa shape index (κ1) is 12.7. The van der Waals surface area contributed by atoms with Crippen LogP contribution in [-0.4, -0.2) is 29.4 Å². The number of rotatable bonds is 3. The van der Waals surface area contributed by atoms with E-state index in [1.54, 1.807) is 11.0 Å². The van der Waals surface area contributed by atoms with Gasteiger partial charge in [0.2, 0.25) is 0 Å². The Bertz CT molecular complexity index is 633. The van der Waals surface area contributed by atoms with Crippen LogP contribution >= 0.6 is 0 Å². The highest BCUT2D eigenvalue weighted by molar-refractivity contribution is 6.17. The fourth-order valence-corrected chi connectivity index (χ4v) is 2.86. The van der Waals surface area contributed by atoms with Crippen LogP contribution in [0.15, 0.2) is 42.5 Å². The van der Waals surface area contributed by atoms with Crippen molar-refractivity contribution in [3.8, 4) is 0 Å². The number of nitrogens with zero attached hydrogens (tertiary/aromatic N) is 2. The molecule has 0 saturated carbocycles. The van der Waals surface area contributed by atoms with Gasteiger partial charge in [-0.3, -0.25) is 14.6 Å². The monoisotopic (exact) mass is 268 g/mol. The Morgan fingerprint density at radius 1 is 1.30 bits per heavy atom. The molecule has 2 aliphatic rings. The summed E-state index contributed by atoms with van der Waals surface area (Å²) < 4.78 is 0. The Kier molecular flexibility index (Phi) is 2.93. The second kappa shape index (κ2) is 4.63. The summed E-state index contributed by atoms with van der Waals surface area (Å²) in [6, 6.07) is 6.93. The minimum atomic E-state index is -0.484. The van der Waals surface area contributed by atoms with E-state index in [4.69, 9.17) is 0 Å². The summed E-state index contributed by atoms with van der Waals surface area (Å²) in [6.45, 7) is 5.87. The van der Waals surface area contributed by atoms with Crippen LogP contribution in [0, 0.1) is 0 Å². The third-order valence-corrected chi connectivity index (χ3v) is 3.80. The highest BCUT2D eigenvalue weighted by Crippen LogP contribution is 2.38. The smallest absolute Gasteiger partial charge is 0.277 e. The highest BCUT2D eigenvalue weighted by Gasteiger charge is 2.48. The van der Waals surface area contributed by atoms with E-state index in [9.17, 15) is 9.59 Å². The molecule has 20 heavy (non-hydrogen) atoms. The fraction of sp³-hybridized carbons (Fsp3) is 0.250. The van der Waals surface area contributed by atoms with Crippen LogP contribution in [0.25, 0.3) is 6.08 Å². The number of anilines is 1. The van der Waals surface area contributed by atoms with Crippen LogP contribution in [0.5, 0.6) is 0 Å². The Morgan fingerprint density at radius 2 is 2.05 bits per heavy atom. The number of imide groups is 1. The molecule has 4 heteroatoms. The molecule has 1 atom stereocenters. The quantitative estimate of drug-likeness (QED) is 0.624. The highest BCUT2D eigenvalue weighted by atomic mass is 16.2. The van der Waals surface area contributed by atoms with Gasteiger partial charge in [0.25, 0.3) is 5.91 Å². The molecule has 0 radical (unpaired) electrons. The third kappa shape index (κ3) is 1.61. The van der Waals surface area contributed by atoms with E-state index in [1.165, 1.54) is 4.90 Å². The number of para-hydroxylation sites is 1. The van der Waals surface area contributed by atoms with Crippen LogP contribution in [0.4, 0.5) is 10.5 Å². The van der Waals surface area contributed by atoms with Crippen molar-refractivity contribution in [3.05, 3.63) is 48.1 Å². The molecule has 1 aromatic rings. The molecule has 0 bridgehead atoms. The maximum atomic E-state index is 12.5. The molecule has 2 heterocycles. The van der Waals surface area contributed by atoms with E-state index < -0.39 is 6.04 Å². The Hall–Kier alpha value is -2.36. The van der Waals surface area contributed by atoms with Crippen molar-refractivity contribution in [2.45, 2.75) is 19.4 Å². The summed E-state index contributed by atoms with van der Waals surface area (Å²) in [7, 11) is 0. The van der Waals surface area contributed by atoms with E-state index in [0.717, 1.165) is 23.2 Å². The standard InChI is InChI=1S/C16H16N2O2/c1-3-9-17-15(19)14-11(4-2)10-12-7-5-6-8-13(12)18(14)16(17)20/h3,5-8,10,14H,1,4,9H2,2H3. The SMILES string of the molecule is C=CCN1C(=O)C2C(CC)=Cc3ccccc3N2C1=O. The van der Waals surface area contributed by atoms with Gasteiger partial charge in [-0.1, -0.05) is 37.3 Å². The Morgan fingerprint density at radius 3 is 2.75 bits per heavy atom. The van der Waals surface area contributed by atoms with Crippen molar-refractivity contribution in [2.75, 3.05) is 11.4 Å². The molecule has 102 valence electrons. The molecular formula is C16H16N2O2. The van der Waals surface area contributed by atoms with Gasteiger partial charge in [-0.05, 0) is 23.6 Å². The number of fused-ring (bicyclic) bond motifs is 3. The number of carbonyl (C=O) groups is 2. The zero-order chi connectivity index (χ0) is 14.3. The molecule has 3 amide bonds. The summed E-state index contributed by atoms with van der Waals surface area (Å²) in [4.78, 5) is 27.9. The third-order valence-electron chi connectivity index (χ3n) is 3.80. The Labute approximate surface area is 118 Å². The van der Waals surface area contributed by atoms with Crippen LogP contribution in [-0.2, 0) is 4.79 Å². The van der Waals surface area contributed by atoms with Crippen molar-refractivity contribution in [1.29, 1.82) is 0 Å². The van der Waals surface area contributed by atoms with Gasteiger partial charge in [-0.2, -0.15) is 0 Å². The van der Waals surface area contributed by atoms with Gasteiger partial charge in [-0.25, -0.2) is 4.79 Å². The molecule has 1 unspecified atom stereocenters. The zero-order valence-corrected chi connectivity index (χ0v) is 11.4. The van der Waals surface area contributed by atoms with Gasteiger partial charge in [0.1, 0.15) is 6.04 Å². The maximum absolute atomic E-state index is 12.5. The van der Waals surface area contributed by atoms with E-state index >= 15 is 0 Å². The van der Waals surface area contributed by atoms with E-state index in [0.29, 0.717) is 0 Å². The van der Waals surface area contributed by atoms with Gasteiger partial charge >= 0.3 is 6.03 Å². The molecule has 1 aromatic carbocycles. The summed E-state index contributed by atoms with van der Waals surface area (Å²) in [5.41, 5.74) is 2.77. The topological polar surface area (TPSA) is 40.6 Å². The number of amides is 3. The minimum Gasteiger partial charge on any atom is -0.277 e. The number of hydrogen-bond acceptors (Lipinski definition) is 2. The van der Waals surface area contributed by atoms with Crippen LogP contribution in [0.2, 0.25) is 0 Å². The van der Waals surface area contributed by atoms with E-state index in [-0.39, 0.29) is 18.5 Å². The summed E-state index contributed by atoms with van der Waals surface area (Å²) in [5, 5.41) is 0. The van der Waals surface area contributed by atoms with Crippen molar-refractivity contribution < 1.29 is 9.59 Å². The van der Waals surface area contributed by atoms with E-state index in [1.807, 2.05) is 37.3 Å². The largest absolute Gasteiger partial charge is 0.332 e. The van der Waals surface area contributed by atoms with Crippen molar-refractivity contribution in [2.24, 2.45) is 0 Å². The normalized spacial score (nSPS) is 20.6. The molecule has 4 nitrogen and oxygen atoms in total. The molecule has 0 N–H and O–H groups in total. The average molecular weight is 268 g/mol. The first-order chi connectivity index (χ1) is 9.69. The predicted molar refractivity (Wildman–Crippen MR) is 78.3 cm³/mol. The lowest BCUT2D eigenvalue weighted by Gasteiger charge is -2.29. The van der Waals surface area contributed by atoms with Gasteiger partial charge in [0.05, 0.1) is 5.69 Å². The first-order valence-electron chi connectivity index (χ1n) is 6.74. The van der Waals surface area contributed by atoms with Gasteiger partial charge < -0.3 is 0 Å². The van der Waals surface area contributed by atoms with Crippen molar-refractivity contribution in [3.63, 3.8) is 0 Å². The number of benzene rings is 1. The Balaban J connectivity index is 2.15. The maximum Gasteiger partial charge on any atom is 0.332 e. The van der Waals surface area contributed by atoms with Crippen molar-refractivity contribution >= 4 is 23.7 Å². The lowest BCUT2D eigenvalue weighted by Crippen LogP contribution is -2.38. The summed E-state index contributed by atoms with van der Waals surface area (Å²) in [6.07, 6.45) is 4.35. The fourth-order valence-electron chi connectivity index (χ4n) is 2.86. The molecule has 0 spiro atoms. The van der Waals surface area contributed by atoms with Crippen LogP contribution in [0.1, 0.15) is 18.9 Å². The molecule has 0 aromatic heterocycles. The summed E-state index contributed by atoms with van der Waals surface area (Å²) in [5.74, 6) is -0.155. The average Bonchev–Trinajstić information content (AvgIpc) is 2.72. The first-order valence-corrected chi connectivity index (χ1v) is 6.74. The minimum absolute atomic E-state index is 0.155. The van der Waals surface area contributed by atoms with Crippen LogP contribution < -0.4 is 4.90 Å². The molecule has 1 saturated heterocycles. The van der Waals surface area contributed by atoms with Crippen molar-refractivity contribution in [1.82, 2.24) is 4.90 Å². The van der Waals surface area contributed by atoms with E-state index in [2.05, 4.69) is 6.58 Å². The van der Waals surface area contributed by atoms with Crippen LogP contribution in [0.3, 0.4) is 0 Å². The molecular weight excluding hydrogens is 252 g/mol. The molecule has 3 rings (SSSR count). The number of carbonyl (C=O) groups excluding carboxylic acids is 2. The van der Waals surface area contributed by atoms with Gasteiger partial charge in [0, 0.05) is 6.54 Å². The number of hydrogen-bond donors (Lipinski definition) is 0. The predicted octanol–water partition coefficient (Wildman–Crippen LogP) is 2.82. The second-order valence-electron chi connectivity index (χ2n) is 4.92. The number of urea groups is 1. The molecule has 0 aliphatic carbocycles. The molecule has 2 aliphatic heterocycles. The second-order valence-corrected chi connectivity index (χ2v) is 4.92.